The predicted octanol–water partition coefficient (Wildman–Crippen LogP) is 11.9. The zero-order valence-corrected chi connectivity index (χ0v) is 42.7. The molecule has 10 nitrogen and oxygen atoms in total. The lowest BCUT2D eigenvalue weighted by atomic mass is 10.0. The maximum absolute atomic E-state index is 13.7. The van der Waals surface area contributed by atoms with Crippen LogP contribution in [0.3, 0.4) is 0 Å². The van der Waals surface area contributed by atoms with Crippen molar-refractivity contribution in [1.82, 2.24) is 0 Å². The molecule has 0 aliphatic heterocycles. The SMILES string of the molecule is CCCCCCCCCCCCCCCCCC(=O)OCC(COP(=O)(OCCC#N)OCC[N+](CC)(CC)CC)OC(=O)CCCCCCCCCCCCCCCCC.[Cl-]. The number of likely N-dealkylation sites (N-methyl/N-ethyl adjacent to an activating group) is 1. The van der Waals surface area contributed by atoms with Crippen LogP contribution in [0.15, 0.2) is 0 Å². The minimum atomic E-state index is -4.10. The number of halogens is 1. The second-order valence-corrected chi connectivity index (χ2v) is 19.2. The fourth-order valence-corrected chi connectivity index (χ4v) is 9.07. The molecular formula is C50H98ClN2O8P. The summed E-state index contributed by atoms with van der Waals surface area (Å²) in [4.78, 5) is 25.7. The average molecular weight is 922 g/mol. The van der Waals surface area contributed by atoms with Gasteiger partial charge in [0.2, 0.25) is 0 Å². The molecule has 0 aliphatic rings. The standard InChI is InChI=1S/C50H98N2O8P.ClH/c1-6-11-13-15-17-19-21-23-25-27-29-31-33-35-37-40-49(53)56-46-48(47-59-61(55,57-44-39-42-51)58-45-43-52(8-3,9-4)10-5)60-50(54)41-38-36-34-32-30-28-26-24-22-20-18-16-14-12-7-2;/h48H,6-41,43-47H2,1-5H3;1H/q+1;/p-1. The van der Waals surface area contributed by atoms with Gasteiger partial charge in [0.05, 0.1) is 45.3 Å². The normalized spacial score (nSPS) is 13.0. The van der Waals surface area contributed by atoms with E-state index in [1.165, 1.54) is 154 Å². The van der Waals surface area contributed by atoms with Crippen LogP contribution < -0.4 is 12.4 Å². The molecule has 0 heterocycles. The van der Waals surface area contributed by atoms with Crippen LogP contribution in [0.4, 0.5) is 0 Å². The number of nitriles is 1. The van der Waals surface area contributed by atoms with E-state index in [0.717, 1.165) is 56.2 Å². The van der Waals surface area contributed by atoms with E-state index in [0.29, 0.717) is 19.4 Å². The molecule has 2 unspecified atom stereocenters. The van der Waals surface area contributed by atoms with Gasteiger partial charge in [-0.1, -0.05) is 194 Å². The molecule has 0 fully saturated rings. The Kier molecular flexibility index (Phi) is 47.0. The number of hydrogen-bond acceptors (Lipinski definition) is 9. The molecule has 12 heteroatoms. The first-order valence-electron chi connectivity index (χ1n) is 25.8. The topological polar surface area (TPSA) is 121 Å². The number of rotatable bonds is 48. The van der Waals surface area contributed by atoms with E-state index >= 15 is 0 Å². The minimum absolute atomic E-state index is 0. The number of esters is 2. The second kappa shape index (κ2) is 46.3. The fraction of sp³-hybridized carbons (Fsp3) is 0.940. The zero-order valence-electron chi connectivity index (χ0n) is 41.1. The first-order valence-corrected chi connectivity index (χ1v) is 27.3. The fourth-order valence-electron chi connectivity index (χ4n) is 7.88. The highest BCUT2D eigenvalue weighted by atomic mass is 35.5. The molecule has 0 rings (SSSR count). The van der Waals surface area contributed by atoms with Crippen molar-refractivity contribution < 1.29 is 54.1 Å². The van der Waals surface area contributed by atoms with Crippen molar-refractivity contribution in [2.45, 2.75) is 253 Å². The summed E-state index contributed by atoms with van der Waals surface area (Å²) in [5.74, 6) is -0.755. The van der Waals surface area contributed by atoms with Crippen molar-refractivity contribution >= 4 is 19.8 Å². The van der Waals surface area contributed by atoms with Gasteiger partial charge in [-0.3, -0.25) is 23.2 Å². The van der Waals surface area contributed by atoms with Gasteiger partial charge >= 0.3 is 19.8 Å². The van der Waals surface area contributed by atoms with Crippen molar-refractivity contribution in [1.29, 1.82) is 5.26 Å². The van der Waals surface area contributed by atoms with Crippen molar-refractivity contribution in [2.24, 2.45) is 0 Å². The Morgan fingerprint density at radius 1 is 0.500 bits per heavy atom. The number of hydrogen-bond donors (Lipinski definition) is 0. The lowest BCUT2D eigenvalue weighted by molar-refractivity contribution is -0.923. The van der Waals surface area contributed by atoms with E-state index in [1.807, 2.05) is 6.07 Å². The highest BCUT2D eigenvalue weighted by Gasteiger charge is 2.32. The summed E-state index contributed by atoms with van der Waals surface area (Å²) in [6.45, 7) is 13.7. The third kappa shape index (κ3) is 39.2. The van der Waals surface area contributed by atoms with Crippen LogP contribution in [0.1, 0.15) is 247 Å². The highest BCUT2D eigenvalue weighted by molar-refractivity contribution is 7.48. The molecule has 0 aromatic rings. The predicted molar refractivity (Wildman–Crippen MR) is 252 cm³/mol. The summed E-state index contributed by atoms with van der Waals surface area (Å²) in [6, 6.07) is 1.99. The van der Waals surface area contributed by atoms with Crippen LogP contribution >= 0.6 is 7.82 Å². The number of nitrogens with zero attached hydrogens (tertiary/aromatic N) is 2. The molecule has 62 heavy (non-hydrogen) atoms. The monoisotopic (exact) mass is 921 g/mol. The maximum Gasteiger partial charge on any atom is 0.475 e. The molecular weight excluding hydrogens is 823 g/mol. The van der Waals surface area contributed by atoms with Gasteiger partial charge in [0.15, 0.2) is 6.10 Å². The Morgan fingerprint density at radius 3 is 1.23 bits per heavy atom. The number of carbonyl (C=O) groups excluding carboxylic acids is 2. The van der Waals surface area contributed by atoms with Gasteiger partial charge < -0.3 is 26.4 Å². The van der Waals surface area contributed by atoms with Crippen LogP contribution in [-0.4, -0.2) is 75.1 Å². The number of ether oxygens (including phenoxy) is 2. The van der Waals surface area contributed by atoms with E-state index in [-0.39, 0.29) is 57.6 Å². The van der Waals surface area contributed by atoms with E-state index in [1.54, 1.807) is 0 Å². The van der Waals surface area contributed by atoms with Crippen molar-refractivity contribution in [3.63, 3.8) is 0 Å². The smallest absolute Gasteiger partial charge is 0.475 e. The molecule has 0 amide bonds. The van der Waals surface area contributed by atoms with E-state index in [9.17, 15) is 14.2 Å². The third-order valence-electron chi connectivity index (χ3n) is 12.4. The summed E-state index contributed by atoms with van der Waals surface area (Å²) in [7, 11) is -4.10. The van der Waals surface area contributed by atoms with Gasteiger partial charge in [0.1, 0.15) is 19.8 Å². The van der Waals surface area contributed by atoms with Gasteiger partial charge in [0.25, 0.3) is 0 Å². The Labute approximate surface area is 389 Å². The highest BCUT2D eigenvalue weighted by Crippen LogP contribution is 2.49. The number of phosphoric ester groups is 1. The largest absolute Gasteiger partial charge is 1.00 e. The molecule has 0 aromatic heterocycles. The molecule has 0 N–H and O–H groups in total. The first kappa shape index (κ1) is 62.9. The minimum Gasteiger partial charge on any atom is -1.00 e. The lowest BCUT2D eigenvalue weighted by Crippen LogP contribution is -3.00. The van der Waals surface area contributed by atoms with E-state index in [2.05, 4.69) is 34.6 Å². The zero-order chi connectivity index (χ0) is 45.0. The molecule has 0 saturated carbocycles. The number of unbranched alkanes of at least 4 members (excludes halogenated alkanes) is 28. The van der Waals surface area contributed by atoms with Gasteiger partial charge in [0, 0.05) is 12.8 Å². The molecule has 0 spiro atoms. The summed E-state index contributed by atoms with van der Waals surface area (Å²) in [5.41, 5.74) is 0. The Morgan fingerprint density at radius 2 is 0.855 bits per heavy atom. The summed E-state index contributed by atoms with van der Waals surface area (Å²) < 4.78 is 42.8. The van der Waals surface area contributed by atoms with E-state index < -0.39 is 19.9 Å². The van der Waals surface area contributed by atoms with E-state index in [4.69, 9.17) is 28.3 Å². The Bertz CT molecular complexity index is 1080. The lowest BCUT2D eigenvalue weighted by Gasteiger charge is -2.35. The molecule has 0 aliphatic carbocycles. The van der Waals surface area contributed by atoms with Gasteiger partial charge in [-0.05, 0) is 33.6 Å². The average Bonchev–Trinajstić information content (AvgIpc) is 3.26. The third-order valence-corrected chi connectivity index (χ3v) is 13.9. The summed E-state index contributed by atoms with van der Waals surface area (Å²) in [6.07, 6.45) is 37.0. The van der Waals surface area contributed by atoms with Crippen molar-refractivity contribution in [2.75, 3.05) is 52.6 Å². The molecule has 2 atom stereocenters. The Hall–Kier alpha value is -1.21. The van der Waals surface area contributed by atoms with Crippen molar-refractivity contribution in [3.8, 4) is 6.07 Å². The quantitative estimate of drug-likeness (QED) is 0.0254. The number of phosphoric acid groups is 1. The van der Waals surface area contributed by atoms with Gasteiger partial charge in [-0.15, -0.1) is 0 Å². The Balaban J connectivity index is 0. The molecule has 0 saturated heterocycles. The number of quaternary nitrogens is 1. The molecule has 0 radical (unpaired) electrons. The second-order valence-electron chi connectivity index (χ2n) is 17.5. The van der Waals surface area contributed by atoms with Crippen LogP contribution in [0, 0.1) is 11.3 Å². The first-order chi connectivity index (χ1) is 29.7. The van der Waals surface area contributed by atoms with Gasteiger partial charge in [-0.25, -0.2) is 4.57 Å². The van der Waals surface area contributed by atoms with Crippen LogP contribution in [0.5, 0.6) is 0 Å². The summed E-state index contributed by atoms with van der Waals surface area (Å²) in [5, 5.41) is 9.06. The van der Waals surface area contributed by atoms with Crippen LogP contribution in [0.25, 0.3) is 0 Å². The van der Waals surface area contributed by atoms with Crippen LogP contribution in [0.2, 0.25) is 0 Å². The van der Waals surface area contributed by atoms with Gasteiger partial charge in [-0.2, -0.15) is 5.26 Å². The maximum atomic E-state index is 13.7. The molecule has 0 bridgehead atoms. The van der Waals surface area contributed by atoms with Crippen molar-refractivity contribution in [3.05, 3.63) is 0 Å². The van der Waals surface area contributed by atoms with Crippen LogP contribution in [-0.2, 0) is 37.2 Å². The molecule has 0 aromatic carbocycles. The molecule has 368 valence electrons. The summed E-state index contributed by atoms with van der Waals surface area (Å²) >= 11 is 0. The number of carbonyl (C=O) groups is 2.